The Kier molecular flexibility index (Phi) is 7.31. The van der Waals surface area contributed by atoms with Crippen LogP contribution in [0.25, 0.3) is 10.9 Å². The molecule has 0 unspecified atom stereocenters. The molecule has 1 aromatic carbocycles. The molecule has 1 amide bonds. The van der Waals surface area contributed by atoms with Crippen LogP contribution in [0.4, 0.5) is 18.9 Å². The predicted molar refractivity (Wildman–Crippen MR) is 121 cm³/mol. The highest BCUT2D eigenvalue weighted by atomic mass is 19.4. The van der Waals surface area contributed by atoms with E-state index in [1.165, 1.54) is 12.1 Å². The summed E-state index contributed by atoms with van der Waals surface area (Å²) in [4.78, 5) is 30.3. The first-order chi connectivity index (χ1) is 15.1. The van der Waals surface area contributed by atoms with Gasteiger partial charge in [-0.05, 0) is 44.4 Å². The standard InChI is InChI=1S/C24H30F3N3O2/c1-4-5-6-13-29(3)23(32)12-10-17-8-7-16(2)30(17)18-9-11-21-19(14-18)20(24(25,26)27)15-22(31)28-21/h9-12,14-17H,4-8,13H2,1-3H3,(H,28,31)/t16-,17-/m1/s1. The molecule has 1 aromatic heterocycles. The molecule has 0 bridgehead atoms. The fourth-order valence-corrected chi connectivity index (χ4v) is 4.32. The number of H-pyrrole nitrogens is 1. The number of fused-ring (bicyclic) bond motifs is 1. The maximum absolute atomic E-state index is 13.5. The Bertz CT molecular complexity index is 1040. The van der Waals surface area contributed by atoms with Gasteiger partial charge in [0.2, 0.25) is 11.5 Å². The van der Waals surface area contributed by atoms with Crippen molar-refractivity contribution in [3.63, 3.8) is 0 Å². The van der Waals surface area contributed by atoms with Crippen molar-refractivity contribution in [3.8, 4) is 0 Å². The molecule has 1 fully saturated rings. The smallest absolute Gasteiger partial charge is 0.362 e. The summed E-state index contributed by atoms with van der Waals surface area (Å²) in [5, 5.41) is -0.0387. The number of halogens is 3. The largest absolute Gasteiger partial charge is 0.417 e. The highest BCUT2D eigenvalue weighted by Gasteiger charge is 2.34. The van der Waals surface area contributed by atoms with Crippen LogP contribution in [0, 0.1) is 0 Å². The number of benzene rings is 1. The lowest BCUT2D eigenvalue weighted by Gasteiger charge is -2.30. The van der Waals surface area contributed by atoms with E-state index in [1.54, 1.807) is 24.1 Å². The summed E-state index contributed by atoms with van der Waals surface area (Å²) in [6.45, 7) is 4.83. The third kappa shape index (κ3) is 5.34. The van der Waals surface area contributed by atoms with Crippen molar-refractivity contribution in [2.75, 3.05) is 18.5 Å². The van der Waals surface area contributed by atoms with Crippen LogP contribution in [-0.2, 0) is 11.0 Å². The zero-order valence-corrected chi connectivity index (χ0v) is 18.7. The van der Waals surface area contributed by atoms with Gasteiger partial charge in [0.05, 0.1) is 5.56 Å². The van der Waals surface area contributed by atoms with Crippen LogP contribution < -0.4 is 10.5 Å². The Labute approximate surface area is 185 Å². The van der Waals surface area contributed by atoms with Gasteiger partial charge in [-0.1, -0.05) is 25.8 Å². The molecule has 5 nitrogen and oxygen atoms in total. The molecule has 2 atom stereocenters. The maximum atomic E-state index is 13.5. The number of hydrogen-bond acceptors (Lipinski definition) is 3. The van der Waals surface area contributed by atoms with Gasteiger partial charge in [0.15, 0.2) is 0 Å². The number of nitrogens with zero attached hydrogens (tertiary/aromatic N) is 2. The molecule has 3 rings (SSSR count). The molecule has 1 saturated heterocycles. The number of rotatable bonds is 7. The lowest BCUT2D eigenvalue weighted by Crippen LogP contribution is -2.34. The third-order valence-electron chi connectivity index (χ3n) is 6.08. The minimum absolute atomic E-state index is 0.0387. The lowest BCUT2D eigenvalue weighted by molar-refractivity contribution is -0.136. The van der Waals surface area contributed by atoms with Crippen molar-refractivity contribution < 1.29 is 18.0 Å². The summed E-state index contributed by atoms with van der Waals surface area (Å²) < 4.78 is 40.6. The number of hydrogen-bond donors (Lipinski definition) is 1. The maximum Gasteiger partial charge on any atom is 0.417 e. The first-order valence-corrected chi connectivity index (χ1v) is 11.1. The van der Waals surface area contributed by atoms with Gasteiger partial charge in [0.1, 0.15) is 0 Å². The Morgan fingerprint density at radius 3 is 2.69 bits per heavy atom. The molecule has 8 heteroatoms. The zero-order chi connectivity index (χ0) is 23.5. The highest BCUT2D eigenvalue weighted by Crippen LogP contribution is 2.37. The van der Waals surface area contributed by atoms with E-state index in [9.17, 15) is 22.8 Å². The summed E-state index contributed by atoms with van der Waals surface area (Å²) in [6.07, 6.45) is 3.58. The summed E-state index contributed by atoms with van der Waals surface area (Å²) in [5.41, 5.74) is -0.940. The SMILES string of the molecule is CCCCCN(C)C(=O)C=C[C@H]1CC[C@@H](C)N1c1ccc2[nH]c(=O)cc(C(F)(F)F)c2c1. The van der Waals surface area contributed by atoms with Gasteiger partial charge in [-0.2, -0.15) is 13.2 Å². The fraction of sp³-hybridized carbons (Fsp3) is 0.500. The van der Waals surface area contributed by atoms with Crippen LogP contribution in [0.2, 0.25) is 0 Å². The van der Waals surface area contributed by atoms with Crippen molar-refractivity contribution in [1.29, 1.82) is 0 Å². The predicted octanol–water partition coefficient (Wildman–Crippen LogP) is 5.11. The summed E-state index contributed by atoms with van der Waals surface area (Å²) >= 11 is 0. The van der Waals surface area contributed by atoms with E-state index in [4.69, 9.17) is 0 Å². The average Bonchev–Trinajstić information content (AvgIpc) is 3.10. The molecule has 0 saturated carbocycles. The topological polar surface area (TPSA) is 56.4 Å². The number of carbonyl (C=O) groups is 1. The van der Waals surface area contributed by atoms with Gasteiger partial charge in [0.25, 0.3) is 0 Å². The number of carbonyl (C=O) groups excluding carboxylic acids is 1. The monoisotopic (exact) mass is 449 g/mol. The van der Waals surface area contributed by atoms with Crippen LogP contribution in [0.3, 0.4) is 0 Å². The molecule has 0 aliphatic carbocycles. The number of amides is 1. The molecular formula is C24H30F3N3O2. The quantitative estimate of drug-likeness (QED) is 0.472. The van der Waals surface area contributed by atoms with Gasteiger partial charge < -0.3 is 14.8 Å². The minimum Gasteiger partial charge on any atom is -0.362 e. The molecule has 32 heavy (non-hydrogen) atoms. The molecule has 1 aliphatic rings. The Balaban J connectivity index is 1.87. The Morgan fingerprint density at radius 2 is 2.00 bits per heavy atom. The molecule has 174 valence electrons. The second-order valence-corrected chi connectivity index (χ2v) is 8.50. The minimum atomic E-state index is -4.63. The van der Waals surface area contributed by atoms with E-state index in [2.05, 4.69) is 11.9 Å². The molecule has 2 aromatic rings. The van der Waals surface area contributed by atoms with Crippen LogP contribution in [0.5, 0.6) is 0 Å². The average molecular weight is 450 g/mol. The second-order valence-electron chi connectivity index (χ2n) is 8.50. The molecule has 1 aliphatic heterocycles. The first-order valence-electron chi connectivity index (χ1n) is 11.1. The van der Waals surface area contributed by atoms with Crippen molar-refractivity contribution in [3.05, 3.63) is 52.3 Å². The number of unbranched alkanes of at least 4 members (excludes halogenated alkanes) is 2. The van der Waals surface area contributed by atoms with Crippen molar-refractivity contribution >= 4 is 22.5 Å². The van der Waals surface area contributed by atoms with Crippen molar-refractivity contribution in [1.82, 2.24) is 9.88 Å². The number of aromatic nitrogens is 1. The molecule has 2 heterocycles. The first kappa shape index (κ1) is 23.9. The number of likely N-dealkylation sites (N-methyl/N-ethyl adjacent to an activating group) is 1. The highest BCUT2D eigenvalue weighted by molar-refractivity contribution is 5.88. The fourth-order valence-electron chi connectivity index (χ4n) is 4.32. The number of nitrogens with one attached hydrogen (secondary N) is 1. The van der Waals surface area contributed by atoms with E-state index in [1.807, 2.05) is 17.9 Å². The van der Waals surface area contributed by atoms with Gasteiger partial charge in [-0.25, -0.2) is 0 Å². The van der Waals surface area contributed by atoms with E-state index < -0.39 is 17.3 Å². The summed E-state index contributed by atoms with van der Waals surface area (Å²) in [5.74, 6) is -0.0731. The lowest BCUT2D eigenvalue weighted by atomic mass is 10.1. The van der Waals surface area contributed by atoms with Crippen LogP contribution in [0.15, 0.2) is 41.2 Å². The van der Waals surface area contributed by atoms with E-state index in [0.717, 1.165) is 32.1 Å². The third-order valence-corrected chi connectivity index (χ3v) is 6.08. The van der Waals surface area contributed by atoms with Crippen LogP contribution in [-0.4, -0.2) is 41.5 Å². The normalized spacial score (nSPS) is 19.2. The number of alkyl halides is 3. The Morgan fingerprint density at radius 1 is 1.25 bits per heavy atom. The van der Waals surface area contributed by atoms with Crippen molar-refractivity contribution in [2.24, 2.45) is 0 Å². The van der Waals surface area contributed by atoms with E-state index >= 15 is 0 Å². The van der Waals surface area contributed by atoms with Crippen LogP contribution in [0.1, 0.15) is 51.5 Å². The molecular weight excluding hydrogens is 419 g/mol. The summed E-state index contributed by atoms with van der Waals surface area (Å²) in [6, 6.07) is 5.34. The van der Waals surface area contributed by atoms with Crippen LogP contribution >= 0.6 is 0 Å². The van der Waals surface area contributed by atoms with Crippen molar-refractivity contribution in [2.45, 2.75) is 64.2 Å². The molecule has 0 spiro atoms. The number of pyridine rings is 1. The van der Waals surface area contributed by atoms with Gasteiger partial charge in [-0.3, -0.25) is 9.59 Å². The molecule has 0 radical (unpaired) electrons. The number of aromatic amines is 1. The van der Waals surface area contributed by atoms with E-state index in [0.29, 0.717) is 18.3 Å². The van der Waals surface area contributed by atoms with E-state index in [-0.39, 0.29) is 28.9 Å². The van der Waals surface area contributed by atoms with Gasteiger partial charge in [0, 0.05) is 54.4 Å². The zero-order valence-electron chi connectivity index (χ0n) is 18.7. The summed E-state index contributed by atoms with van der Waals surface area (Å²) in [7, 11) is 1.78. The van der Waals surface area contributed by atoms with Gasteiger partial charge >= 0.3 is 6.18 Å². The second kappa shape index (κ2) is 9.79. The Hall–Kier alpha value is -2.77. The number of anilines is 1. The van der Waals surface area contributed by atoms with Gasteiger partial charge in [-0.15, -0.1) is 0 Å². The molecule has 1 N–H and O–H groups in total.